The molecule has 0 radical (unpaired) electrons. The summed E-state index contributed by atoms with van der Waals surface area (Å²) in [6.45, 7) is 4.69. The molecule has 1 aromatic heterocycles. The lowest BCUT2D eigenvalue weighted by atomic mass is 9.98. The van der Waals surface area contributed by atoms with Crippen molar-refractivity contribution in [2.24, 2.45) is 5.41 Å². The number of esters is 1. The zero-order valence-electron chi connectivity index (χ0n) is 15.0. The lowest BCUT2D eigenvalue weighted by molar-refractivity contribution is -0.157. The first-order chi connectivity index (χ1) is 12.8. The van der Waals surface area contributed by atoms with Crippen molar-refractivity contribution < 1.29 is 31.9 Å². The molecular weight excluding hydrogens is 406 g/mol. The Morgan fingerprint density at radius 2 is 1.89 bits per heavy atom. The summed E-state index contributed by atoms with van der Waals surface area (Å²) in [4.78, 5) is 23.9. The van der Waals surface area contributed by atoms with Crippen LogP contribution in [0, 0.1) is 11.2 Å². The Hall–Kier alpha value is -2.62. The number of hydrogen-bond donors (Lipinski definition) is 1. The number of anilines is 1. The molecule has 152 valence electrons. The maximum absolute atomic E-state index is 14.1. The molecule has 11 heteroatoms. The minimum absolute atomic E-state index is 0.0238. The van der Waals surface area contributed by atoms with E-state index >= 15 is 0 Å². The third-order valence-electron chi connectivity index (χ3n) is 3.46. The summed E-state index contributed by atoms with van der Waals surface area (Å²) in [6, 6.07) is 1.24. The summed E-state index contributed by atoms with van der Waals surface area (Å²) in [7, 11) is 0. The van der Waals surface area contributed by atoms with Crippen molar-refractivity contribution in [2.75, 3.05) is 5.32 Å². The number of nitrogens with one attached hydrogen (secondary N) is 1. The van der Waals surface area contributed by atoms with Gasteiger partial charge in [-0.1, -0.05) is 11.6 Å². The number of ether oxygens (including phenoxy) is 1. The average Bonchev–Trinajstić information content (AvgIpc) is 3.00. The number of amides is 1. The van der Waals surface area contributed by atoms with Crippen LogP contribution in [-0.2, 0) is 22.4 Å². The van der Waals surface area contributed by atoms with E-state index in [1.165, 1.54) is 6.20 Å². The van der Waals surface area contributed by atoms with Crippen molar-refractivity contribution in [1.82, 2.24) is 9.78 Å². The number of hydrogen-bond acceptors (Lipinski definition) is 4. The first kappa shape index (κ1) is 21.7. The molecule has 0 bridgehead atoms. The van der Waals surface area contributed by atoms with Gasteiger partial charge in [0.25, 0.3) is 5.91 Å². The van der Waals surface area contributed by atoms with Gasteiger partial charge in [-0.2, -0.15) is 18.3 Å². The lowest BCUT2D eigenvalue weighted by Crippen LogP contribution is -2.24. The molecule has 0 aliphatic rings. The second kappa shape index (κ2) is 7.78. The molecule has 0 unspecified atom stereocenters. The molecule has 2 rings (SSSR count). The Morgan fingerprint density at radius 3 is 2.46 bits per heavy atom. The van der Waals surface area contributed by atoms with E-state index < -0.39 is 45.4 Å². The smallest absolute Gasteiger partial charge is 0.417 e. The fourth-order valence-electron chi connectivity index (χ4n) is 2.04. The number of carbonyl (C=O) groups excluding carboxylic acids is 2. The Balaban J connectivity index is 2.18. The Bertz CT molecular complexity index is 904. The van der Waals surface area contributed by atoms with Gasteiger partial charge in [0.05, 0.1) is 39.6 Å². The molecule has 0 atom stereocenters. The molecule has 0 aliphatic carbocycles. The van der Waals surface area contributed by atoms with Crippen molar-refractivity contribution in [1.29, 1.82) is 0 Å². The Morgan fingerprint density at radius 1 is 1.25 bits per heavy atom. The molecule has 28 heavy (non-hydrogen) atoms. The van der Waals surface area contributed by atoms with Crippen LogP contribution in [0.5, 0.6) is 0 Å². The second-order valence-corrected chi connectivity index (χ2v) is 7.22. The number of rotatable bonds is 4. The number of benzene rings is 1. The lowest BCUT2D eigenvalue weighted by Gasteiger charge is -2.16. The predicted molar refractivity (Wildman–Crippen MR) is 92.1 cm³/mol. The third kappa shape index (κ3) is 5.00. The molecule has 0 aliphatic heterocycles. The minimum Gasteiger partial charge on any atom is -0.442 e. The predicted octanol–water partition coefficient (Wildman–Crippen LogP) is 4.49. The summed E-state index contributed by atoms with van der Waals surface area (Å²) in [5.41, 5.74) is -3.45. The first-order valence-corrected chi connectivity index (χ1v) is 8.24. The quantitative estimate of drug-likeness (QED) is 0.583. The number of nitrogens with zero attached hydrogens (tertiary/aromatic N) is 2. The van der Waals surface area contributed by atoms with Crippen molar-refractivity contribution in [2.45, 2.75) is 33.7 Å². The van der Waals surface area contributed by atoms with Crippen LogP contribution in [0.4, 0.5) is 23.2 Å². The van der Waals surface area contributed by atoms with Gasteiger partial charge in [0.1, 0.15) is 0 Å². The standard InChI is InChI=1S/C17H16ClF4N3O3/c1-16(2,3)15(27)28-8-25-7-9(6-23-25)24-14(26)12-10(17(20,21)22)4-5-11(18)13(12)19/h4-7H,8H2,1-3H3,(H,24,26). The van der Waals surface area contributed by atoms with Crippen LogP contribution in [0.2, 0.25) is 5.02 Å². The molecule has 1 N–H and O–H groups in total. The van der Waals surface area contributed by atoms with Crippen LogP contribution in [0.25, 0.3) is 0 Å². The SMILES string of the molecule is CC(C)(C)C(=O)OCn1cc(NC(=O)c2c(C(F)(F)F)ccc(Cl)c2F)cn1. The van der Waals surface area contributed by atoms with Crippen molar-refractivity contribution in [3.8, 4) is 0 Å². The van der Waals surface area contributed by atoms with E-state index in [0.717, 1.165) is 16.9 Å². The number of aromatic nitrogens is 2. The topological polar surface area (TPSA) is 73.2 Å². The van der Waals surface area contributed by atoms with Crippen molar-refractivity contribution in [3.05, 3.63) is 46.5 Å². The fraction of sp³-hybridized carbons (Fsp3) is 0.353. The molecule has 1 aromatic carbocycles. The summed E-state index contributed by atoms with van der Waals surface area (Å²) >= 11 is 5.51. The third-order valence-corrected chi connectivity index (χ3v) is 3.75. The van der Waals surface area contributed by atoms with Gasteiger partial charge in [0.15, 0.2) is 12.5 Å². The zero-order chi connectivity index (χ0) is 21.3. The minimum atomic E-state index is -4.95. The van der Waals surface area contributed by atoms with E-state index in [4.69, 9.17) is 16.3 Å². The van der Waals surface area contributed by atoms with Crippen LogP contribution >= 0.6 is 11.6 Å². The van der Waals surface area contributed by atoms with E-state index in [2.05, 4.69) is 10.4 Å². The van der Waals surface area contributed by atoms with E-state index in [9.17, 15) is 27.2 Å². The fourth-order valence-corrected chi connectivity index (χ4v) is 2.20. The highest BCUT2D eigenvalue weighted by Crippen LogP contribution is 2.35. The molecule has 1 heterocycles. The van der Waals surface area contributed by atoms with Gasteiger partial charge in [-0.05, 0) is 32.9 Å². The van der Waals surface area contributed by atoms with Crippen molar-refractivity contribution >= 4 is 29.2 Å². The summed E-state index contributed by atoms with van der Waals surface area (Å²) in [6.07, 6.45) is -2.63. The number of alkyl halides is 3. The molecule has 0 spiro atoms. The van der Waals surface area contributed by atoms with Gasteiger partial charge < -0.3 is 10.1 Å². The van der Waals surface area contributed by atoms with Gasteiger partial charge in [-0.3, -0.25) is 9.59 Å². The van der Waals surface area contributed by atoms with Crippen LogP contribution in [0.15, 0.2) is 24.5 Å². The Labute approximate surface area is 162 Å². The average molecular weight is 422 g/mol. The summed E-state index contributed by atoms with van der Waals surface area (Å²) < 4.78 is 59.5. The van der Waals surface area contributed by atoms with Gasteiger partial charge in [-0.25, -0.2) is 9.07 Å². The van der Waals surface area contributed by atoms with Crippen LogP contribution < -0.4 is 5.32 Å². The molecule has 0 saturated carbocycles. The molecule has 0 fully saturated rings. The van der Waals surface area contributed by atoms with E-state index in [1.807, 2.05) is 0 Å². The van der Waals surface area contributed by atoms with Crippen molar-refractivity contribution in [3.63, 3.8) is 0 Å². The van der Waals surface area contributed by atoms with Crippen LogP contribution in [-0.4, -0.2) is 21.7 Å². The second-order valence-electron chi connectivity index (χ2n) is 6.82. The van der Waals surface area contributed by atoms with Gasteiger partial charge in [-0.15, -0.1) is 0 Å². The highest BCUT2D eigenvalue weighted by atomic mass is 35.5. The van der Waals surface area contributed by atoms with Crippen LogP contribution in [0.3, 0.4) is 0 Å². The van der Waals surface area contributed by atoms with E-state index in [-0.39, 0.29) is 12.4 Å². The molecular formula is C17H16ClF4N3O3. The first-order valence-electron chi connectivity index (χ1n) is 7.87. The normalized spacial score (nSPS) is 12.0. The monoisotopic (exact) mass is 421 g/mol. The highest BCUT2D eigenvalue weighted by molar-refractivity contribution is 6.31. The number of halogens is 5. The van der Waals surface area contributed by atoms with Crippen LogP contribution in [0.1, 0.15) is 36.7 Å². The maximum Gasteiger partial charge on any atom is 0.417 e. The van der Waals surface area contributed by atoms with Gasteiger partial charge >= 0.3 is 12.1 Å². The molecule has 2 aromatic rings. The number of carbonyl (C=O) groups is 2. The van der Waals surface area contributed by atoms with E-state index in [1.54, 1.807) is 20.8 Å². The Kier molecular flexibility index (Phi) is 6.03. The zero-order valence-corrected chi connectivity index (χ0v) is 15.8. The maximum atomic E-state index is 14.1. The molecule has 0 saturated heterocycles. The largest absolute Gasteiger partial charge is 0.442 e. The highest BCUT2D eigenvalue weighted by Gasteiger charge is 2.37. The van der Waals surface area contributed by atoms with Gasteiger partial charge in [0.2, 0.25) is 0 Å². The summed E-state index contributed by atoms with van der Waals surface area (Å²) in [5, 5.41) is 5.30. The van der Waals surface area contributed by atoms with E-state index in [0.29, 0.717) is 6.07 Å². The molecule has 6 nitrogen and oxygen atoms in total. The molecule has 1 amide bonds. The van der Waals surface area contributed by atoms with Gasteiger partial charge in [0, 0.05) is 0 Å². The summed E-state index contributed by atoms with van der Waals surface area (Å²) in [5.74, 6) is -3.33.